The summed E-state index contributed by atoms with van der Waals surface area (Å²) in [6.07, 6.45) is 2.36. The summed E-state index contributed by atoms with van der Waals surface area (Å²) in [7, 11) is 0. The van der Waals surface area contributed by atoms with Gasteiger partial charge in [0, 0.05) is 48.7 Å². The van der Waals surface area contributed by atoms with Gasteiger partial charge < -0.3 is 9.80 Å². The number of benzene rings is 1. The number of aryl methyl sites for hydroxylation is 1. The van der Waals surface area contributed by atoms with Crippen molar-refractivity contribution >= 4 is 11.6 Å². The molecule has 5 rings (SSSR count). The van der Waals surface area contributed by atoms with Gasteiger partial charge in [-0.1, -0.05) is 33.8 Å². The van der Waals surface area contributed by atoms with Gasteiger partial charge in [-0.2, -0.15) is 0 Å². The normalized spacial score (nSPS) is 23.3. The highest BCUT2D eigenvalue weighted by atomic mass is 16.2. The third-order valence-electron chi connectivity index (χ3n) is 7.59. The van der Waals surface area contributed by atoms with Gasteiger partial charge in [0.05, 0.1) is 18.7 Å². The number of aliphatic imine (C=N–C) groups is 1. The second kappa shape index (κ2) is 7.80. The molecule has 1 amide bonds. The van der Waals surface area contributed by atoms with Crippen LogP contribution in [0.25, 0.3) is 0 Å². The predicted molar refractivity (Wildman–Crippen MR) is 128 cm³/mol. The topological polar surface area (TPSA) is 48.8 Å². The summed E-state index contributed by atoms with van der Waals surface area (Å²) < 4.78 is 0. The minimum Gasteiger partial charge on any atom is -0.333 e. The number of likely N-dealkylation sites (tertiary alicyclic amines) is 1. The molecule has 0 radical (unpaired) electrons. The van der Waals surface area contributed by atoms with E-state index in [0.29, 0.717) is 25.4 Å². The fourth-order valence-corrected chi connectivity index (χ4v) is 5.72. The van der Waals surface area contributed by atoms with E-state index in [2.05, 4.69) is 60.7 Å². The Kier molecular flexibility index (Phi) is 5.20. The highest BCUT2D eigenvalue weighted by molar-refractivity contribution is 6.15. The number of amides is 1. The number of carbonyl (C=O) groups excluding carboxylic acids is 1. The zero-order chi connectivity index (χ0) is 22.6. The second-order valence-corrected chi connectivity index (χ2v) is 10.7. The van der Waals surface area contributed by atoms with Crippen LogP contribution in [0, 0.1) is 18.3 Å². The predicted octanol–water partition coefficient (Wildman–Crippen LogP) is 3.99. The van der Waals surface area contributed by atoms with E-state index in [0.717, 1.165) is 36.6 Å². The maximum Gasteiger partial charge on any atom is 0.227 e. The number of fused-ring (bicyclic) bond motifs is 2. The Morgan fingerprint density at radius 2 is 1.91 bits per heavy atom. The number of likely N-dealkylation sites (N-methyl/N-ethyl adjacent to an activating group) is 1. The Hall–Kier alpha value is -2.53. The lowest BCUT2D eigenvalue weighted by Crippen LogP contribution is -2.49. The number of nitrogens with zero attached hydrogens (tertiary/aromatic N) is 4. The molecule has 4 heterocycles. The quantitative estimate of drug-likeness (QED) is 0.740. The van der Waals surface area contributed by atoms with Crippen LogP contribution in [0.3, 0.4) is 0 Å². The van der Waals surface area contributed by atoms with Crippen LogP contribution >= 0.6 is 0 Å². The van der Waals surface area contributed by atoms with E-state index in [1.165, 1.54) is 22.3 Å². The van der Waals surface area contributed by atoms with E-state index < -0.39 is 0 Å². The summed E-state index contributed by atoms with van der Waals surface area (Å²) in [5.41, 5.74) is 8.29. The maximum atomic E-state index is 13.3. The molecule has 2 atom stereocenters. The molecule has 0 bridgehead atoms. The van der Waals surface area contributed by atoms with Gasteiger partial charge in [-0.15, -0.1) is 0 Å². The van der Waals surface area contributed by atoms with Crippen LogP contribution in [0.2, 0.25) is 0 Å². The van der Waals surface area contributed by atoms with Crippen LogP contribution in [0.15, 0.2) is 35.5 Å². The van der Waals surface area contributed by atoms with E-state index >= 15 is 0 Å². The lowest BCUT2D eigenvalue weighted by Gasteiger charge is -2.40. The van der Waals surface area contributed by atoms with Gasteiger partial charge in [-0.05, 0) is 59.7 Å². The molecule has 2 aromatic rings. The molecule has 0 N–H and O–H groups in total. The lowest BCUT2D eigenvalue weighted by molar-refractivity contribution is -0.135. The monoisotopic (exact) mass is 430 g/mol. The number of carbonyl (C=O) groups is 1. The van der Waals surface area contributed by atoms with Crippen LogP contribution < -0.4 is 0 Å². The molecule has 1 fully saturated rings. The first-order valence-corrected chi connectivity index (χ1v) is 11.9. The molecule has 3 aliphatic rings. The molecule has 168 valence electrons. The molecule has 3 aliphatic heterocycles. The molecule has 32 heavy (non-hydrogen) atoms. The summed E-state index contributed by atoms with van der Waals surface area (Å²) in [6, 6.07) is 8.97. The fourth-order valence-electron chi connectivity index (χ4n) is 5.72. The third kappa shape index (κ3) is 3.66. The van der Waals surface area contributed by atoms with Crippen LogP contribution in [-0.2, 0) is 24.3 Å². The molecule has 0 aliphatic carbocycles. The Morgan fingerprint density at radius 1 is 1.09 bits per heavy atom. The highest BCUT2D eigenvalue weighted by Gasteiger charge is 2.44. The van der Waals surface area contributed by atoms with E-state index in [1.807, 2.05) is 19.2 Å². The molecule has 1 aromatic carbocycles. The molecule has 0 saturated carbocycles. The number of rotatable bonds is 3. The van der Waals surface area contributed by atoms with Gasteiger partial charge in [0.2, 0.25) is 5.91 Å². The second-order valence-electron chi connectivity index (χ2n) is 10.7. The zero-order valence-corrected chi connectivity index (χ0v) is 20.0. The van der Waals surface area contributed by atoms with Crippen LogP contribution in [0.1, 0.15) is 61.2 Å². The fraction of sp³-hybridized carbons (Fsp3) is 0.519. The van der Waals surface area contributed by atoms with Crippen molar-refractivity contribution in [2.75, 3.05) is 19.6 Å². The average molecular weight is 431 g/mol. The summed E-state index contributed by atoms with van der Waals surface area (Å²) >= 11 is 0. The van der Waals surface area contributed by atoms with Crippen molar-refractivity contribution in [3.63, 3.8) is 0 Å². The first-order chi connectivity index (χ1) is 15.2. The van der Waals surface area contributed by atoms with Gasteiger partial charge in [0.15, 0.2) is 0 Å². The van der Waals surface area contributed by atoms with Crippen LogP contribution in [0.4, 0.5) is 0 Å². The highest BCUT2D eigenvalue weighted by Crippen LogP contribution is 2.39. The molecular weight excluding hydrogens is 396 g/mol. The standard InChI is InChI=1S/C27H34N4O/c1-6-30-15-23(27(3,4)5)24(16-30)31-14-21-11-22-20(10-19(21)12-25(31)32)13-29-26(22)18-7-8-28-17(2)9-18/h7-11,23-24H,6,12-16H2,1-5H3/t23-,24-/m1/s1. The van der Waals surface area contributed by atoms with Crippen molar-refractivity contribution in [3.8, 4) is 0 Å². The van der Waals surface area contributed by atoms with Gasteiger partial charge in [-0.3, -0.25) is 14.8 Å². The summed E-state index contributed by atoms with van der Waals surface area (Å²) in [4.78, 5) is 27.2. The SMILES string of the molecule is CCN1C[C@@H](N2Cc3cc4c(cc3CC2=O)CN=C4c2ccnc(C)c2)[C@H](C(C)(C)C)C1. The van der Waals surface area contributed by atoms with Gasteiger partial charge in [0.25, 0.3) is 0 Å². The molecule has 1 aromatic heterocycles. The molecule has 1 saturated heterocycles. The van der Waals surface area contributed by atoms with E-state index in [9.17, 15) is 4.79 Å². The third-order valence-corrected chi connectivity index (χ3v) is 7.59. The van der Waals surface area contributed by atoms with Crippen molar-refractivity contribution in [3.05, 3.63) is 64.0 Å². The minimum absolute atomic E-state index is 0.173. The Bertz CT molecular complexity index is 1100. The van der Waals surface area contributed by atoms with E-state index in [-0.39, 0.29) is 17.4 Å². The van der Waals surface area contributed by atoms with E-state index in [4.69, 9.17) is 4.99 Å². The number of hydrogen-bond acceptors (Lipinski definition) is 4. The first-order valence-electron chi connectivity index (χ1n) is 11.9. The van der Waals surface area contributed by atoms with Crippen molar-refractivity contribution in [2.24, 2.45) is 16.3 Å². The van der Waals surface area contributed by atoms with Crippen molar-refractivity contribution in [1.82, 2.24) is 14.8 Å². The Balaban J connectivity index is 1.47. The summed E-state index contributed by atoms with van der Waals surface area (Å²) in [6.45, 7) is 15.7. The van der Waals surface area contributed by atoms with Crippen LogP contribution in [0.5, 0.6) is 0 Å². The lowest BCUT2D eigenvalue weighted by atomic mass is 9.77. The Morgan fingerprint density at radius 3 is 2.62 bits per heavy atom. The van der Waals surface area contributed by atoms with Gasteiger partial charge in [0.1, 0.15) is 0 Å². The van der Waals surface area contributed by atoms with Crippen molar-refractivity contribution in [1.29, 1.82) is 0 Å². The van der Waals surface area contributed by atoms with Gasteiger partial charge in [-0.25, -0.2) is 0 Å². The smallest absolute Gasteiger partial charge is 0.227 e. The summed E-state index contributed by atoms with van der Waals surface area (Å²) in [5.74, 6) is 0.762. The molecular formula is C27H34N4O. The molecule has 5 nitrogen and oxygen atoms in total. The van der Waals surface area contributed by atoms with E-state index in [1.54, 1.807) is 0 Å². The summed E-state index contributed by atoms with van der Waals surface area (Å²) in [5, 5.41) is 0. The zero-order valence-electron chi connectivity index (χ0n) is 20.0. The minimum atomic E-state index is 0.173. The number of aromatic nitrogens is 1. The maximum absolute atomic E-state index is 13.3. The van der Waals surface area contributed by atoms with Crippen molar-refractivity contribution in [2.45, 2.75) is 60.2 Å². The Labute approximate surface area is 191 Å². The molecule has 5 heteroatoms. The van der Waals surface area contributed by atoms with Gasteiger partial charge >= 0.3 is 0 Å². The first kappa shape index (κ1) is 21.3. The van der Waals surface area contributed by atoms with Crippen LogP contribution in [-0.4, -0.2) is 52.1 Å². The largest absolute Gasteiger partial charge is 0.333 e. The number of pyridine rings is 1. The van der Waals surface area contributed by atoms with Crippen molar-refractivity contribution < 1.29 is 4.79 Å². The average Bonchev–Trinajstić information content (AvgIpc) is 3.35. The number of hydrogen-bond donors (Lipinski definition) is 0. The molecule has 0 unspecified atom stereocenters. The molecule has 0 spiro atoms.